The highest BCUT2D eigenvalue weighted by molar-refractivity contribution is 5.88. The van der Waals surface area contributed by atoms with Crippen LogP contribution in [0.25, 0.3) is 78.0 Å². The van der Waals surface area contributed by atoms with E-state index < -0.39 is 0 Å². The molecule has 0 fully saturated rings. The summed E-state index contributed by atoms with van der Waals surface area (Å²) in [6.07, 6.45) is 0. The molecule has 0 atom stereocenters. The van der Waals surface area contributed by atoms with Crippen LogP contribution in [-0.4, -0.2) is 15.0 Å². The molecule has 0 unspecified atom stereocenters. The van der Waals surface area contributed by atoms with Crippen LogP contribution in [0.2, 0.25) is 0 Å². The first-order chi connectivity index (χ1) is 22.2. The molecule has 1 heterocycles. The molecule has 0 aliphatic heterocycles. The molecule has 0 aliphatic carbocycles. The fourth-order valence-electron chi connectivity index (χ4n) is 5.73. The van der Waals surface area contributed by atoms with Crippen molar-refractivity contribution in [3.05, 3.63) is 164 Å². The molecule has 0 bridgehead atoms. The lowest BCUT2D eigenvalue weighted by Gasteiger charge is -2.10. The van der Waals surface area contributed by atoms with Crippen LogP contribution in [0.5, 0.6) is 0 Å². The van der Waals surface area contributed by atoms with E-state index in [0.29, 0.717) is 17.5 Å². The second kappa shape index (κ2) is 11.3. The van der Waals surface area contributed by atoms with E-state index in [1.54, 1.807) is 12.1 Å². The minimum atomic E-state index is -0.234. The summed E-state index contributed by atoms with van der Waals surface area (Å²) in [4.78, 5) is 14.9. The maximum Gasteiger partial charge on any atom is 0.164 e. The molecule has 8 rings (SSSR count). The van der Waals surface area contributed by atoms with E-state index in [-0.39, 0.29) is 5.82 Å². The largest absolute Gasteiger partial charge is 0.208 e. The fraction of sp³-hybridized carbons (Fsp3) is 0. The average molecular weight is 580 g/mol. The number of benzene rings is 7. The van der Waals surface area contributed by atoms with Crippen molar-refractivity contribution in [2.75, 3.05) is 0 Å². The lowest BCUT2D eigenvalue weighted by atomic mass is 9.99. The molecule has 45 heavy (non-hydrogen) atoms. The standard InChI is InChI=1S/C41H26FN3/c42-38-23-21-32(22-24-38)30-11-9-29(10-12-30)31-13-17-33(18-14-31)39-43-40(36-19-15-27-5-1-3-7-34(27)25-36)45-41(44-39)37-20-16-28-6-2-4-8-35(28)26-37/h1-26H. The topological polar surface area (TPSA) is 38.7 Å². The van der Waals surface area contributed by atoms with Crippen molar-refractivity contribution in [2.24, 2.45) is 0 Å². The average Bonchev–Trinajstić information content (AvgIpc) is 3.11. The maximum absolute atomic E-state index is 13.4. The highest BCUT2D eigenvalue weighted by Crippen LogP contribution is 2.30. The Balaban J connectivity index is 1.18. The lowest BCUT2D eigenvalue weighted by molar-refractivity contribution is 0.628. The second-order valence-electron chi connectivity index (χ2n) is 11.1. The molecule has 0 amide bonds. The van der Waals surface area contributed by atoms with Gasteiger partial charge in [-0.2, -0.15) is 0 Å². The summed E-state index contributed by atoms with van der Waals surface area (Å²) in [5.41, 5.74) is 7.00. The summed E-state index contributed by atoms with van der Waals surface area (Å²) < 4.78 is 13.4. The van der Waals surface area contributed by atoms with E-state index >= 15 is 0 Å². The SMILES string of the molecule is Fc1ccc(-c2ccc(-c3ccc(-c4nc(-c5ccc6ccccc6c5)nc(-c5ccc6ccccc6c5)n4)cc3)cc2)cc1. The normalized spacial score (nSPS) is 11.2. The molecule has 7 aromatic carbocycles. The molecular formula is C41H26FN3. The third kappa shape index (κ3) is 5.34. The van der Waals surface area contributed by atoms with Gasteiger partial charge in [0.05, 0.1) is 0 Å². The summed E-state index contributed by atoms with van der Waals surface area (Å²) in [6.45, 7) is 0. The molecule has 212 valence electrons. The van der Waals surface area contributed by atoms with Crippen LogP contribution in [-0.2, 0) is 0 Å². The third-order valence-corrected chi connectivity index (χ3v) is 8.19. The summed E-state index contributed by atoms with van der Waals surface area (Å²) in [5.74, 6) is 1.65. The quantitative estimate of drug-likeness (QED) is 0.204. The van der Waals surface area contributed by atoms with Crippen LogP contribution in [0.3, 0.4) is 0 Å². The van der Waals surface area contributed by atoms with E-state index in [1.807, 2.05) is 24.3 Å². The monoisotopic (exact) mass is 579 g/mol. The van der Waals surface area contributed by atoms with Gasteiger partial charge in [-0.25, -0.2) is 19.3 Å². The zero-order valence-corrected chi connectivity index (χ0v) is 24.2. The lowest BCUT2D eigenvalue weighted by Crippen LogP contribution is -2.00. The van der Waals surface area contributed by atoms with Crippen LogP contribution in [0, 0.1) is 5.82 Å². The van der Waals surface area contributed by atoms with Gasteiger partial charge in [-0.1, -0.05) is 133 Å². The Morgan fingerprint density at radius 2 is 0.600 bits per heavy atom. The molecule has 8 aromatic rings. The maximum atomic E-state index is 13.4. The number of hydrogen-bond donors (Lipinski definition) is 0. The number of fused-ring (bicyclic) bond motifs is 2. The Bertz CT molecular complexity index is 2210. The number of rotatable bonds is 5. The highest BCUT2D eigenvalue weighted by Gasteiger charge is 2.14. The van der Waals surface area contributed by atoms with Crippen molar-refractivity contribution in [3.63, 3.8) is 0 Å². The fourth-order valence-corrected chi connectivity index (χ4v) is 5.73. The number of nitrogens with zero attached hydrogens (tertiary/aromatic N) is 3. The van der Waals surface area contributed by atoms with Gasteiger partial charge in [-0.05, 0) is 68.1 Å². The molecular weight excluding hydrogens is 553 g/mol. The predicted molar refractivity (Wildman–Crippen MR) is 182 cm³/mol. The van der Waals surface area contributed by atoms with E-state index in [9.17, 15) is 4.39 Å². The molecule has 0 aliphatic rings. The van der Waals surface area contributed by atoms with Crippen molar-refractivity contribution in [3.8, 4) is 56.4 Å². The first kappa shape index (κ1) is 26.6. The highest BCUT2D eigenvalue weighted by atomic mass is 19.1. The minimum absolute atomic E-state index is 0.234. The summed E-state index contributed by atoms with van der Waals surface area (Å²) >= 11 is 0. The van der Waals surface area contributed by atoms with E-state index in [1.165, 1.54) is 22.9 Å². The van der Waals surface area contributed by atoms with Gasteiger partial charge in [-0.15, -0.1) is 0 Å². The van der Waals surface area contributed by atoms with Gasteiger partial charge < -0.3 is 0 Å². The first-order valence-electron chi connectivity index (χ1n) is 14.9. The van der Waals surface area contributed by atoms with E-state index in [0.717, 1.165) is 49.7 Å². The second-order valence-corrected chi connectivity index (χ2v) is 11.1. The number of halogens is 1. The van der Waals surface area contributed by atoms with E-state index in [4.69, 9.17) is 15.0 Å². The molecule has 0 saturated carbocycles. The molecule has 0 saturated heterocycles. The van der Waals surface area contributed by atoms with Crippen LogP contribution >= 0.6 is 0 Å². The Kier molecular flexibility index (Phi) is 6.65. The summed E-state index contributed by atoms with van der Waals surface area (Å²) in [5, 5.41) is 4.62. The van der Waals surface area contributed by atoms with Crippen molar-refractivity contribution in [1.82, 2.24) is 15.0 Å². The van der Waals surface area contributed by atoms with Gasteiger partial charge in [0.1, 0.15) is 5.82 Å². The predicted octanol–water partition coefficient (Wildman–Crippen LogP) is 10.7. The Hall–Kier alpha value is -6.00. The smallest absolute Gasteiger partial charge is 0.164 e. The van der Waals surface area contributed by atoms with Crippen molar-refractivity contribution < 1.29 is 4.39 Å². The van der Waals surface area contributed by atoms with Gasteiger partial charge in [-0.3, -0.25) is 0 Å². The van der Waals surface area contributed by atoms with E-state index in [2.05, 4.69) is 109 Å². The van der Waals surface area contributed by atoms with Gasteiger partial charge in [0.25, 0.3) is 0 Å². The molecule has 0 spiro atoms. The molecule has 0 radical (unpaired) electrons. The molecule has 1 aromatic heterocycles. The number of aromatic nitrogens is 3. The van der Waals surface area contributed by atoms with Gasteiger partial charge in [0.2, 0.25) is 0 Å². The summed E-state index contributed by atoms with van der Waals surface area (Å²) in [7, 11) is 0. The van der Waals surface area contributed by atoms with Crippen LogP contribution < -0.4 is 0 Å². The van der Waals surface area contributed by atoms with Crippen LogP contribution in [0.1, 0.15) is 0 Å². The first-order valence-corrected chi connectivity index (χ1v) is 14.9. The van der Waals surface area contributed by atoms with Crippen LogP contribution in [0.15, 0.2) is 158 Å². The summed E-state index contributed by atoms with van der Waals surface area (Å²) in [6, 6.07) is 52.4. The van der Waals surface area contributed by atoms with Crippen molar-refractivity contribution in [1.29, 1.82) is 0 Å². The minimum Gasteiger partial charge on any atom is -0.208 e. The van der Waals surface area contributed by atoms with Gasteiger partial charge in [0.15, 0.2) is 17.5 Å². The molecule has 3 nitrogen and oxygen atoms in total. The van der Waals surface area contributed by atoms with Crippen molar-refractivity contribution >= 4 is 21.5 Å². The Morgan fingerprint density at radius 1 is 0.289 bits per heavy atom. The zero-order chi connectivity index (χ0) is 30.2. The molecule has 4 heteroatoms. The van der Waals surface area contributed by atoms with Crippen molar-refractivity contribution in [2.45, 2.75) is 0 Å². The number of hydrogen-bond acceptors (Lipinski definition) is 3. The van der Waals surface area contributed by atoms with Gasteiger partial charge in [0, 0.05) is 16.7 Å². The Morgan fingerprint density at radius 3 is 1.02 bits per heavy atom. The molecule has 0 N–H and O–H groups in total. The third-order valence-electron chi connectivity index (χ3n) is 8.19. The van der Waals surface area contributed by atoms with Gasteiger partial charge >= 0.3 is 0 Å². The van der Waals surface area contributed by atoms with Crippen LogP contribution in [0.4, 0.5) is 4.39 Å². The zero-order valence-electron chi connectivity index (χ0n) is 24.2. The Labute approximate surface area is 260 Å².